The normalized spacial score (nSPS) is 13.8. The van der Waals surface area contributed by atoms with E-state index in [-0.39, 0.29) is 16.9 Å². The Morgan fingerprint density at radius 1 is 0.972 bits per heavy atom. The number of rotatable bonds is 8. The van der Waals surface area contributed by atoms with E-state index < -0.39 is 67.7 Å². The van der Waals surface area contributed by atoms with Crippen molar-refractivity contribution in [2.75, 3.05) is 10.0 Å². The third-order valence-corrected chi connectivity index (χ3v) is 7.99. The van der Waals surface area contributed by atoms with Gasteiger partial charge < -0.3 is 11.1 Å². The number of hydrogen-bond donors (Lipinski definition) is 3. The molecule has 0 radical (unpaired) electrons. The van der Waals surface area contributed by atoms with Crippen molar-refractivity contribution in [3.05, 3.63) is 88.0 Å². The van der Waals surface area contributed by atoms with Gasteiger partial charge in [-0.2, -0.15) is 0 Å². The van der Waals surface area contributed by atoms with Crippen LogP contribution in [0.3, 0.4) is 0 Å². The topological polar surface area (TPSA) is 101 Å². The molecule has 0 aliphatic heterocycles. The molecule has 36 heavy (non-hydrogen) atoms. The van der Waals surface area contributed by atoms with E-state index in [0.29, 0.717) is 18.4 Å². The molecule has 0 bridgehead atoms. The Balaban J connectivity index is 1.68. The van der Waals surface area contributed by atoms with Crippen LogP contribution in [0.4, 0.5) is 34.6 Å². The molecule has 4 N–H and O–H groups in total. The second kappa shape index (κ2) is 9.81. The van der Waals surface area contributed by atoms with Crippen LogP contribution in [0.15, 0.2) is 42.5 Å². The number of sulfonamides is 1. The fourth-order valence-corrected chi connectivity index (χ4v) is 5.48. The molecular weight excluding hydrogens is 498 g/mol. The number of anilines is 3. The van der Waals surface area contributed by atoms with Gasteiger partial charge in [-0.1, -0.05) is 24.6 Å². The van der Waals surface area contributed by atoms with Gasteiger partial charge in [0.05, 0.1) is 27.9 Å². The van der Waals surface area contributed by atoms with E-state index in [0.717, 1.165) is 12.5 Å². The third-order valence-electron chi connectivity index (χ3n) is 6.13. The molecule has 0 atom stereocenters. The fraction of sp³-hybridized carbons (Fsp3) is 0.240. The van der Waals surface area contributed by atoms with E-state index in [2.05, 4.69) is 10.0 Å². The number of nitrogens with one attached hydrogen (secondary N) is 2. The monoisotopic (exact) mass is 521 g/mol. The quantitative estimate of drug-likeness (QED) is 0.351. The van der Waals surface area contributed by atoms with Crippen molar-refractivity contribution in [1.29, 1.82) is 0 Å². The number of carbonyl (C=O) groups is 1. The summed E-state index contributed by atoms with van der Waals surface area (Å²) in [7, 11) is -3.79. The molecule has 6 nitrogen and oxygen atoms in total. The Kier molecular flexibility index (Phi) is 6.94. The predicted octanol–water partition coefficient (Wildman–Crippen LogP) is 5.28. The number of primary amides is 1. The Morgan fingerprint density at radius 2 is 1.69 bits per heavy atom. The summed E-state index contributed by atoms with van der Waals surface area (Å²) in [5.41, 5.74) is 3.79. The molecule has 4 rings (SSSR count). The lowest BCUT2D eigenvalue weighted by atomic mass is 9.99. The van der Waals surface area contributed by atoms with Crippen LogP contribution >= 0.6 is 0 Å². The van der Waals surface area contributed by atoms with E-state index in [9.17, 15) is 17.6 Å². The first-order valence-electron chi connectivity index (χ1n) is 11.1. The Labute approximate surface area is 205 Å². The molecule has 1 amide bonds. The highest BCUT2D eigenvalue weighted by Gasteiger charge is 2.32. The zero-order chi connectivity index (χ0) is 26.2. The molecule has 1 aliphatic carbocycles. The molecule has 0 spiro atoms. The summed E-state index contributed by atoms with van der Waals surface area (Å²) in [6.45, 7) is 1.64. The summed E-state index contributed by atoms with van der Waals surface area (Å²) in [6.07, 6.45) is 1.21. The minimum absolute atomic E-state index is 0.136. The van der Waals surface area contributed by atoms with Crippen LogP contribution in [0.2, 0.25) is 0 Å². The van der Waals surface area contributed by atoms with Crippen LogP contribution in [0.25, 0.3) is 0 Å². The van der Waals surface area contributed by atoms with Gasteiger partial charge in [-0.05, 0) is 60.7 Å². The lowest BCUT2D eigenvalue weighted by molar-refractivity contribution is 0.100. The summed E-state index contributed by atoms with van der Waals surface area (Å²) in [5, 5.41) is 1.77. The highest BCUT2D eigenvalue weighted by atomic mass is 32.2. The highest BCUT2D eigenvalue weighted by molar-refractivity contribution is 7.93. The number of aryl methyl sites for hydroxylation is 1. The van der Waals surface area contributed by atoms with Gasteiger partial charge in [-0.15, -0.1) is 0 Å². The van der Waals surface area contributed by atoms with Gasteiger partial charge in [-0.25, -0.2) is 26.0 Å². The molecule has 3 aromatic rings. The van der Waals surface area contributed by atoms with Crippen LogP contribution < -0.4 is 15.8 Å². The molecule has 0 unspecified atom stereocenters. The number of halogens is 4. The largest absolute Gasteiger partial charge is 0.366 e. The first-order chi connectivity index (χ1) is 17.0. The Bertz CT molecular complexity index is 1460. The number of nitrogens with two attached hydrogens (primary N) is 1. The average Bonchev–Trinajstić information content (AvgIpc) is 2.75. The second-order valence-corrected chi connectivity index (χ2v) is 10.7. The Morgan fingerprint density at radius 3 is 2.31 bits per heavy atom. The summed E-state index contributed by atoms with van der Waals surface area (Å²) in [6, 6.07) is 8.84. The van der Waals surface area contributed by atoms with Crippen molar-refractivity contribution in [1.82, 2.24) is 0 Å². The van der Waals surface area contributed by atoms with Crippen LogP contribution in [-0.4, -0.2) is 19.6 Å². The molecular formula is C25H23F4N3O3S. The van der Waals surface area contributed by atoms with Gasteiger partial charge in [0.15, 0.2) is 17.5 Å². The number of benzene rings is 3. The molecule has 3 aromatic carbocycles. The standard InChI is InChI=1S/C25H23F4N3O3S/c1-13-8-9-19(18(26)10-13)31-24-17(25(30)33)12-15(22(28)23(24)29)11-14-4-2-7-20(21(14)27)32-36(34,35)16-5-3-6-16/h2,4,7-10,12,16,31-32H,3,5-6,11H2,1H3,(H2,30,33). The first kappa shape index (κ1) is 25.5. The van der Waals surface area contributed by atoms with Crippen molar-refractivity contribution in [3.8, 4) is 0 Å². The van der Waals surface area contributed by atoms with Gasteiger partial charge in [0.1, 0.15) is 5.82 Å². The summed E-state index contributed by atoms with van der Waals surface area (Å²) < 4.78 is 86.5. The van der Waals surface area contributed by atoms with Crippen molar-refractivity contribution >= 4 is 33.0 Å². The molecule has 0 aromatic heterocycles. The van der Waals surface area contributed by atoms with Crippen molar-refractivity contribution in [3.63, 3.8) is 0 Å². The first-order valence-corrected chi connectivity index (χ1v) is 12.7. The smallest absolute Gasteiger partial charge is 0.250 e. The van der Waals surface area contributed by atoms with Crippen molar-refractivity contribution in [2.24, 2.45) is 5.73 Å². The average molecular weight is 522 g/mol. The van der Waals surface area contributed by atoms with E-state index >= 15 is 13.2 Å². The van der Waals surface area contributed by atoms with E-state index in [1.807, 2.05) is 0 Å². The maximum atomic E-state index is 15.1. The number of amides is 1. The molecule has 1 aliphatic rings. The maximum absolute atomic E-state index is 15.1. The maximum Gasteiger partial charge on any atom is 0.250 e. The van der Waals surface area contributed by atoms with Crippen molar-refractivity contribution < 1.29 is 30.8 Å². The van der Waals surface area contributed by atoms with Crippen LogP contribution in [0.1, 0.15) is 46.3 Å². The molecule has 1 fully saturated rings. The summed E-state index contributed by atoms with van der Waals surface area (Å²) in [5.74, 6) is -5.71. The SMILES string of the molecule is Cc1ccc(Nc2c(C(N)=O)cc(Cc3cccc(NS(=O)(=O)C4CCC4)c3F)c(F)c2F)c(F)c1. The highest BCUT2D eigenvalue weighted by Crippen LogP contribution is 2.33. The van der Waals surface area contributed by atoms with Crippen LogP contribution in [-0.2, 0) is 16.4 Å². The minimum Gasteiger partial charge on any atom is -0.366 e. The number of hydrogen-bond acceptors (Lipinski definition) is 4. The van der Waals surface area contributed by atoms with Gasteiger partial charge in [0, 0.05) is 6.42 Å². The van der Waals surface area contributed by atoms with Crippen molar-refractivity contribution in [2.45, 2.75) is 37.9 Å². The van der Waals surface area contributed by atoms with Gasteiger partial charge in [0.2, 0.25) is 10.0 Å². The van der Waals surface area contributed by atoms with Gasteiger partial charge in [-0.3, -0.25) is 9.52 Å². The Hall–Kier alpha value is -3.60. The summed E-state index contributed by atoms with van der Waals surface area (Å²) >= 11 is 0. The van der Waals surface area contributed by atoms with E-state index in [4.69, 9.17) is 5.73 Å². The van der Waals surface area contributed by atoms with Crippen LogP contribution in [0.5, 0.6) is 0 Å². The lowest BCUT2D eigenvalue weighted by Crippen LogP contribution is -2.33. The zero-order valence-electron chi connectivity index (χ0n) is 19.2. The molecule has 1 saturated carbocycles. The fourth-order valence-electron chi connectivity index (χ4n) is 3.90. The van der Waals surface area contributed by atoms with E-state index in [1.165, 1.54) is 36.4 Å². The lowest BCUT2D eigenvalue weighted by Gasteiger charge is -2.25. The summed E-state index contributed by atoms with van der Waals surface area (Å²) in [4.78, 5) is 12.0. The molecule has 0 saturated heterocycles. The molecule has 11 heteroatoms. The predicted molar refractivity (Wildman–Crippen MR) is 129 cm³/mol. The van der Waals surface area contributed by atoms with Gasteiger partial charge in [0.25, 0.3) is 5.91 Å². The van der Waals surface area contributed by atoms with Gasteiger partial charge >= 0.3 is 0 Å². The third kappa shape index (κ3) is 5.01. The number of carbonyl (C=O) groups excluding carboxylic acids is 1. The van der Waals surface area contributed by atoms with Crippen LogP contribution in [0, 0.1) is 30.2 Å². The second-order valence-electron chi connectivity index (χ2n) is 8.71. The zero-order valence-corrected chi connectivity index (χ0v) is 20.0. The molecule has 190 valence electrons. The van der Waals surface area contributed by atoms with E-state index in [1.54, 1.807) is 6.92 Å². The minimum atomic E-state index is -3.79. The molecule has 0 heterocycles.